The number of likely N-dealkylation sites (N-methyl/N-ethyl adjacent to an activating group) is 1. The molecular formula is C23H27N3O3S. The molecule has 30 heavy (non-hydrogen) atoms. The van der Waals surface area contributed by atoms with Crippen LogP contribution in [0.2, 0.25) is 0 Å². The molecule has 1 N–H and O–H groups in total. The van der Waals surface area contributed by atoms with Crippen LogP contribution in [0.1, 0.15) is 32.6 Å². The van der Waals surface area contributed by atoms with Crippen molar-refractivity contribution >= 4 is 22.2 Å². The summed E-state index contributed by atoms with van der Waals surface area (Å²) >= 11 is 1.60. The molecule has 1 aliphatic heterocycles. The van der Waals surface area contributed by atoms with Crippen molar-refractivity contribution in [2.75, 3.05) is 45.7 Å². The fourth-order valence-electron chi connectivity index (χ4n) is 3.89. The van der Waals surface area contributed by atoms with Crippen molar-refractivity contribution in [3.8, 4) is 5.75 Å². The molecule has 7 heteroatoms. The Balaban J connectivity index is 1.72. The molecule has 1 atom stereocenters. The van der Waals surface area contributed by atoms with Gasteiger partial charge in [0.2, 0.25) is 0 Å². The van der Waals surface area contributed by atoms with E-state index in [4.69, 9.17) is 9.15 Å². The maximum atomic E-state index is 12.7. The monoisotopic (exact) mass is 425 g/mol. The van der Waals surface area contributed by atoms with Gasteiger partial charge in [-0.1, -0.05) is 12.1 Å². The predicted octanol–water partition coefficient (Wildman–Crippen LogP) is 4.25. The number of nitrogens with one attached hydrogen (secondary N) is 1. The van der Waals surface area contributed by atoms with Gasteiger partial charge in [0.25, 0.3) is 5.91 Å². The lowest BCUT2D eigenvalue weighted by Gasteiger charge is -2.38. The van der Waals surface area contributed by atoms with Gasteiger partial charge in [-0.2, -0.15) is 0 Å². The van der Waals surface area contributed by atoms with Gasteiger partial charge in [-0.05, 0) is 49.9 Å². The van der Waals surface area contributed by atoms with Gasteiger partial charge < -0.3 is 19.4 Å². The minimum Gasteiger partial charge on any atom is -0.497 e. The van der Waals surface area contributed by atoms with Crippen molar-refractivity contribution in [2.45, 2.75) is 13.0 Å². The van der Waals surface area contributed by atoms with Gasteiger partial charge in [0.1, 0.15) is 10.8 Å². The van der Waals surface area contributed by atoms with Gasteiger partial charge in [0, 0.05) is 36.6 Å². The molecule has 0 aliphatic carbocycles. The molecule has 0 bridgehead atoms. The van der Waals surface area contributed by atoms with Gasteiger partial charge in [-0.25, -0.2) is 0 Å². The third-order valence-electron chi connectivity index (χ3n) is 5.46. The second-order valence-corrected chi connectivity index (χ2v) is 8.85. The molecule has 0 radical (unpaired) electrons. The Bertz CT molecular complexity index is 991. The number of nitrogens with zero attached hydrogens (tertiary/aromatic N) is 2. The Morgan fingerprint density at radius 3 is 2.67 bits per heavy atom. The van der Waals surface area contributed by atoms with E-state index in [2.05, 4.69) is 47.3 Å². The average Bonchev–Trinajstić information content (AvgIpc) is 3.40. The Morgan fingerprint density at radius 2 is 1.97 bits per heavy atom. The predicted molar refractivity (Wildman–Crippen MR) is 120 cm³/mol. The van der Waals surface area contributed by atoms with Gasteiger partial charge in [-0.3, -0.25) is 9.69 Å². The van der Waals surface area contributed by atoms with Crippen LogP contribution >= 0.6 is 11.3 Å². The fourth-order valence-corrected chi connectivity index (χ4v) is 4.83. The second kappa shape index (κ2) is 9.04. The second-order valence-electron chi connectivity index (χ2n) is 7.59. The number of piperazine rings is 1. The smallest absolute Gasteiger partial charge is 0.291 e. The largest absolute Gasteiger partial charge is 0.497 e. The number of anilines is 1. The van der Waals surface area contributed by atoms with Crippen molar-refractivity contribution in [1.82, 2.24) is 9.80 Å². The highest BCUT2D eigenvalue weighted by Crippen LogP contribution is 2.40. The van der Waals surface area contributed by atoms with Crippen molar-refractivity contribution in [3.05, 3.63) is 70.5 Å². The standard InChI is InChI=1S/C23H27N3O3S/c1-16-14-19(23(30-16)24-22(27)20-8-5-13-29-20)21(26-11-9-25(2)10-12-26)17-6-4-7-18(15-17)28-3/h4-8,13-15,21H,9-12H2,1-3H3,(H,24,27)/t21-/m0/s1. The van der Waals surface area contributed by atoms with E-state index in [9.17, 15) is 4.79 Å². The Labute approximate surface area is 181 Å². The topological polar surface area (TPSA) is 58.0 Å². The van der Waals surface area contributed by atoms with Crippen LogP contribution in [0, 0.1) is 6.92 Å². The number of rotatable bonds is 6. The molecule has 2 aromatic heterocycles. The summed E-state index contributed by atoms with van der Waals surface area (Å²) in [6, 6.07) is 13.8. The maximum absolute atomic E-state index is 12.7. The molecule has 1 saturated heterocycles. The van der Waals surface area contributed by atoms with Crippen LogP contribution < -0.4 is 10.1 Å². The van der Waals surface area contributed by atoms with Gasteiger partial charge >= 0.3 is 0 Å². The van der Waals surface area contributed by atoms with E-state index < -0.39 is 0 Å². The van der Waals surface area contributed by atoms with Crippen molar-refractivity contribution < 1.29 is 13.9 Å². The van der Waals surface area contributed by atoms with Crippen LogP contribution in [0.4, 0.5) is 5.00 Å². The first-order valence-electron chi connectivity index (χ1n) is 10.1. The van der Waals surface area contributed by atoms with Crippen LogP contribution in [-0.2, 0) is 0 Å². The lowest BCUT2D eigenvalue weighted by molar-refractivity contribution is 0.0996. The summed E-state index contributed by atoms with van der Waals surface area (Å²) < 4.78 is 10.8. The molecule has 0 unspecified atom stereocenters. The highest BCUT2D eigenvalue weighted by Gasteiger charge is 2.29. The van der Waals surface area contributed by atoms with E-state index in [0.29, 0.717) is 5.76 Å². The minimum atomic E-state index is -0.231. The third kappa shape index (κ3) is 4.43. The van der Waals surface area contributed by atoms with Crippen LogP contribution in [0.15, 0.2) is 53.1 Å². The SMILES string of the molecule is COc1cccc([C@@H](c2cc(C)sc2NC(=O)c2ccco2)N2CCN(C)CC2)c1. The summed E-state index contributed by atoms with van der Waals surface area (Å²) in [5.41, 5.74) is 2.26. The normalized spacial score (nSPS) is 16.4. The summed E-state index contributed by atoms with van der Waals surface area (Å²) in [5, 5.41) is 3.94. The van der Waals surface area contributed by atoms with Crippen LogP contribution in [0.25, 0.3) is 0 Å². The van der Waals surface area contributed by atoms with Crippen molar-refractivity contribution in [1.29, 1.82) is 0 Å². The van der Waals surface area contributed by atoms with Crippen LogP contribution in [-0.4, -0.2) is 56.0 Å². The first kappa shape index (κ1) is 20.7. The van der Waals surface area contributed by atoms with Crippen molar-refractivity contribution in [2.24, 2.45) is 0 Å². The molecule has 1 aliphatic rings. The number of benzene rings is 1. The molecule has 158 valence electrons. The van der Waals surface area contributed by atoms with E-state index in [1.165, 1.54) is 6.26 Å². The van der Waals surface area contributed by atoms with E-state index in [-0.39, 0.29) is 11.9 Å². The average molecular weight is 426 g/mol. The number of hydrogen-bond donors (Lipinski definition) is 1. The first-order chi connectivity index (χ1) is 14.5. The zero-order chi connectivity index (χ0) is 21.1. The molecule has 0 spiro atoms. The number of amides is 1. The number of methoxy groups -OCH3 is 1. The van der Waals surface area contributed by atoms with Gasteiger partial charge in [0.15, 0.2) is 5.76 Å². The number of aryl methyl sites for hydroxylation is 1. The quantitative estimate of drug-likeness (QED) is 0.640. The van der Waals surface area contributed by atoms with Crippen LogP contribution in [0.5, 0.6) is 5.75 Å². The van der Waals surface area contributed by atoms with Crippen LogP contribution in [0.3, 0.4) is 0 Å². The number of carbonyl (C=O) groups is 1. The summed E-state index contributed by atoms with van der Waals surface area (Å²) in [7, 11) is 3.84. The molecule has 1 amide bonds. The van der Waals surface area contributed by atoms with E-state index in [0.717, 1.165) is 52.9 Å². The number of thiophene rings is 1. The molecule has 1 aromatic carbocycles. The molecular weight excluding hydrogens is 398 g/mol. The fraction of sp³-hybridized carbons (Fsp3) is 0.348. The molecule has 1 fully saturated rings. The lowest BCUT2D eigenvalue weighted by Crippen LogP contribution is -2.46. The summed E-state index contributed by atoms with van der Waals surface area (Å²) in [4.78, 5) is 18.7. The molecule has 0 saturated carbocycles. The first-order valence-corrected chi connectivity index (χ1v) is 10.9. The maximum Gasteiger partial charge on any atom is 0.291 e. The molecule has 3 heterocycles. The summed E-state index contributed by atoms with van der Waals surface area (Å²) in [5.74, 6) is 0.912. The summed E-state index contributed by atoms with van der Waals surface area (Å²) in [6.07, 6.45) is 1.51. The molecule has 6 nitrogen and oxygen atoms in total. The van der Waals surface area contributed by atoms with E-state index in [1.54, 1.807) is 30.6 Å². The van der Waals surface area contributed by atoms with Gasteiger partial charge in [0.05, 0.1) is 19.4 Å². The third-order valence-corrected chi connectivity index (χ3v) is 6.44. The number of furan rings is 1. The summed E-state index contributed by atoms with van der Waals surface area (Å²) in [6.45, 7) is 6.01. The Kier molecular flexibility index (Phi) is 6.22. The van der Waals surface area contributed by atoms with Gasteiger partial charge in [-0.15, -0.1) is 11.3 Å². The number of carbonyl (C=O) groups excluding carboxylic acids is 1. The highest BCUT2D eigenvalue weighted by molar-refractivity contribution is 7.16. The highest BCUT2D eigenvalue weighted by atomic mass is 32.1. The zero-order valence-corrected chi connectivity index (χ0v) is 18.4. The number of hydrogen-bond acceptors (Lipinski definition) is 6. The molecule has 4 rings (SSSR count). The lowest BCUT2D eigenvalue weighted by atomic mass is 9.97. The van der Waals surface area contributed by atoms with E-state index in [1.807, 2.05) is 12.1 Å². The Hall–Kier alpha value is -2.61. The van der Waals surface area contributed by atoms with E-state index >= 15 is 0 Å². The van der Waals surface area contributed by atoms with Crippen molar-refractivity contribution in [3.63, 3.8) is 0 Å². The zero-order valence-electron chi connectivity index (χ0n) is 17.6. The number of ether oxygens (including phenoxy) is 1. The molecule has 3 aromatic rings. The Morgan fingerprint density at radius 1 is 1.17 bits per heavy atom. The minimum absolute atomic E-state index is 0.0330.